The molecule has 1 heterocycles. The van der Waals surface area contributed by atoms with E-state index in [1.165, 1.54) is 0 Å². The molecule has 1 aliphatic rings. The standard InChI is InChI=1S/C8H16N2O/c1-6(2)5-10-4-3-7(9)8(10)11/h6-7H,3-5,9H2,1-2H3/t7-/m0/s1. The number of carbonyl (C=O) groups is 1. The van der Waals surface area contributed by atoms with Gasteiger partial charge in [-0.15, -0.1) is 0 Å². The highest BCUT2D eigenvalue weighted by atomic mass is 16.2. The van der Waals surface area contributed by atoms with Crippen LogP contribution in [0.5, 0.6) is 0 Å². The van der Waals surface area contributed by atoms with E-state index in [-0.39, 0.29) is 11.9 Å². The van der Waals surface area contributed by atoms with Crippen LogP contribution in [0.2, 0.25) is 0 Å². The van der Waals surface area contributed by atoms with Crippen LogP contribution >= 0.6 is 0 Å². The lowest BCUT2D eigenvalue weighted by atomic mass is 10.2. The summed E-state index contributed by atoms with van der Waals surface area (Å²) < 4.78 is 0. The highest BCUT2D eigenvalue weighted by Gasteiger charge is 2.28. The van der Waals surface area contributed by atoms with Crippen LogP contribution in [0, 0.1) is 5.92 Å². The molecule has 1 aliphatic heterocycles. The third-order valence-corrected chi connectivity index (χ3v) is 1.92. The molecule has 0 saturated carbocycles. The predicted molar refractivity (Wildman–Crippen MR) is 44.0 cm³/mol. The van der Waals surface area contributed by atoms with Gasteiger partial charge >= 0.3 is 0 Å². The molecule has 1 rings (SSSR count). The molecule has 1 amide bonds. The Hall–Kier alpha value is -0.570. The van der Waals surface area contributed by atoms with Crippen molar-refractivity contribution < 1.29 is 4.79 Å². The summed E-state index contributed by atoms with van der Waals surface area (Å²) >= 11 is 0. The highest BCUT2D eigenvalue weighted by Crippen LogP contribution is 2.10. The summed E-state index contributed by atoms with van der Waals surface area (Å²) in [5.74, 6) is 0.669. The molecule has 0 aliphatic carbocycles. The molecular formula is C8H16N2O. The Morgan fingerprint density at radius 1 is 1.73 bits per heavy atom. The van der Waals surface area contributed by atoms with Gasteiger partial charge in [0.1, 0.15) is 0 Å². The van der Waals surface area contributed by atoms with Gasteiger partial charge in [0.25, 0.3) is 0 Å². The number of carbonyl (C=O) groups excluding carboxylic acids is 1. The first-order valence-electron chi connectivity index (χ1n) is 4.15. The van der Waals surface area contributed by atoms with Crippen molar-refractivity contribution in [2.45, 2.75) is 26.3 Å². The molecule has 3 heteroatoms. The van der Waals surface area contributed by atoms with E-state index in [1.807, 2.05) is 4.90 Å². The monoisotopic (exact) mass is 156 g/mol. The topological polar surface area (TPSA) is 46.3 Å². The smallest absolute Gasteiger partial charge is 0.239 e. The molecule has 0 bridgehead atoms. The van der Waals surface area contributed by atoms with Crippen molar-refractivity contribution in [2.75, 3.05) is 13.1 Å². The van der Waals surface area contributed by atoms with Gasteiger partial charge in [-0.3, -0.25) is 4.79 Å². The largest absolute Gasteiger partial charge is 0.341 e. The minimum Gasteiger partial charge on any atom is -0.341 e. The number of hydrogen-bond acceptors (Lipinski definition) is 2. The van der Waals surface area contributed by atoms with Crippen molar-refractivity contribution >= 4 is 5.91 Å². The van der Waals surface area contributed by atoms with E-state index in [0.717, 1.165) is 19.5 Å². The van der Waals surface area contributed by atoms with Gasteiger partial charge in [0.05, 0.1) is 6.04 Å². The van der Waals surface area contributed by atoms with Gasteiger partial charge in [-0.05, 0) is 12.3 Å². The van der Waals surface area contributed by atoms with Gasteiger partial charge in [0, 0.05) is 13.1 Å². The van der Waals surface area contributed by atoms with E-state index >= 15 is 0 Å². The quantitative estimate of drug-likeness (QED) is 0.621. The first-order chi connectivity index (χ1) is 5.11. The molecule has 3 nitrogen and oxygen atoms in total. The van der Waals surface area contributed by atoms with Crippen molar-refractivity contribution in [3.63, 3.8) is 0 Å². The molecule has 0 radical (unpaired) electrons. The van der Waals surface area contributed by atoms with Crippen LogP contribution < -0.4 is 5.73 Å². The normalized spacial score (nSPS) is 25.3. The lowest BCUT2D eigenvalue weighted by molar-refractivity contribution is -0.129. The van der Waals surface area contributed by atoms with Crippen molar-refractivity contribution in [3.05, 3.63) is 0 Å². The Labute approximate surface area is 67.5 Å². The van der Waals surface area contributed by atoms with E-state index in [0.29, 0.717) is 5.92 Å². The van der Waals surface area contributed by atoms with Gasteiger partial charge < -0.3 is 10.6 Å². The summed E-state index contributed by atoms with van der Waals surface area (Å²) in [7, 11) is 0. The van der Waals surface area contributed by atoms with Gasteiger partial charge in [0.2, 0.25) is 5.91 Å². The molecule has 0 unspecified atom stereocenters. The summed E-state index contributed by atoms with van der Waals surface area (Å²) in [5.41, 5.74) is 5.55. The van der Waals surface area contributed by atoms with Gasteiger partial charge in [-0.25, -0.2) is 0 Å². The fourth-order valence-electron chi connectivity index (χ4n) is 1.39. The van der Waals surface area contributed by atoms with Crippen LogP contribution in [-0.2, 0) is 4.79 Å². The molecule has 0 aromatic rings. The van der Waals surface area contributed by atoms with Crippen LogP contribution in [0.4, 0.5) is 0 Å². The van der Waals surface area contributed by atoms with Gasteiger partial charge in [0.15, 0.2) is 0 Å². The maximum atomic E-state index is 11.2. The summed E-state index contributed by atoms with van der Waals surface area (Å²) in [5, 5.41) is 0. The van der Waals surface area contributed by atoms with Crippen LogP contribution in [-0.4, -0.2) is 29.9 Å². The van der Waals surface area contributed by atoms with E-state index in [1.54, 1.807) is 0 Å². The zero-order chi connectivity index (χ0) is 8.43. The summed E-state index contributed by atoms with van der Waals surface area (Å²) in [6, 6.07) is -0.228. The molecule has 0 spiro atoms. The zero-order valence-corrected chi connectivity index (χ0v) is 7.21. The summed E-state index contributed by atoms with van der Waals surface area (Å²) in [6.45, 7) is 5.92. The van der Waals surface area contributed by atoms with Gasteiger partial charge in [-0.1, -0.05) is 13.8 Å². The Morgan fingerprint density at radius 2 is 2.36 bits per heavy atom. The Bertz CT molecular complexity index is 156. The lowest BCUT2D eigenvalue weighted by Crippen LogP contribution is -2.35. The third kappa shape index (κ3) is 1.93. The second-order valence-electron chi connectivity index (χ2n) is 3.57. The Balaban J connectivity index is 2.42. The SMILES string of the molecule is CC(C)CN1CC[C@H](N)C1=O. The van der Waals surface area contributed by atoms with E-state index < -0.39 is 0 Å². The van der Waals surface area contributed by atoms with Crippen LogP contribution in [0.3, 0.4) is 0 Å². The molecule has 64 valence electrons. The number of amides is 1. The van der Waals surface area contributed by atoms with Crippen molar-refractivity contribution in [1.29, 1.82) is 0 Å². The van der Waals surface area contributed by atoms with Crippen molar-refractivity contribution in [3.8, 4) is 0 Å². The number of nitrogens with zero attached hydrogens (tertiary/aromatic N) is 1. The maximum absolute atomic E-state index is 11.2. The van der Waals surface area contributed by atoms with Crippen LogP contribution in [0.15, 0.2) is 0 Å². The first-order valence-corrected chi connectivity index (χ1v) is 4.15. The van der Waals surface area contributed by atoms with Crippen LogP contribution in [0.1, 0.15) is 20.3 Å². The molecule has 1 saturated heterocycles. The second-order valence-corrected chi connectivity index (χ2v) is 3.57. The number of likely N-dealkylation sites (tertiary alicyclic amines) is 1. The molecule has 0 aromatic carbocycles. The number of rotatable bonds is 2. The Morgan fingerprint density at radius 3 is 2.73 bits per heavy atom. The lowest BCUT2D eigenvalue weighted by Gasteiger charge is -2.17. The molecule has 1 atom stereocenters. The van der Waals surface area contributed by atoms with Crippen molar-refractivity contribution in [2.24, 2.45) is 11.7 Å². The Kier molecular flexibility index (Phi) is 2.49. The average Bonchev–Trinajstić information content (AvgIpc) is 2.18. The molecule has 0 aromatic heterocycles. The van der Waals surface area contributed by atoms with Crippen LogP contribution in [0.25, 0.3) is 0 Å². The number of hydrogen-bond donors (Lipinski definition) is 1. The van der Waals surface area contributed by atoms with Gasteiger partial charge in [-0.2, -0.15) is 0 Å². The number of nitrogens with two attached hydrogens (primary N) is 1. The van der Waals surface area contributed by atoms with E-state index in [4.69, 9.17) is 5.73 Å². The average molecular weight is 156 g/mol. The second kappa shape index (κ2) is 3.22. The fourth-order valence-corrected chi connectivity index (χ4v) is 1.39. The van der Waals surface area contributed by atoms with Crippen molar-refractivity contribution in [1.82, 2.24) is 4.90 Å². The molecule has 1 fully saturated rings. The molecule has 2 N–H and O–H groups in total. The minimum absolute atomic E-state index is 0.124. The fraction of sp³-hybridized carbons (Fsp3) is 0.875. The molecular weight excluding hydrogens is 140 g/mol. The zero-order valence-electron chi connectivity index (χ0n) is 7.21. The minimum atomic E-state index is -0.228. The summed E-state index contributed by atoms with van der Waals surface area (Å²) in [4.78, 5) is 13.1. The highest BCUT2D eigenvalue weighted by molar-refractivity contribution is 5.83. The predicted octanol–water partition coefficient (Wildman–Crippen LogP) is 0.202. The van der Waals surface area contributed by atoms with E-state index in [2.05, 4.69) is 13.8 Å². The third-order valence-electron chi connectivity index (χ3n) is 1.92. The molecule has 11 heavy (non-hydrogen) atoms. The van der Waals surface area contributed by atoms with E-state index in [9.17, 15) is 4.79 Å². The summed E-state index contributed by atoms with van der Waals surface area (Å²) in [6.07, 6.45) is 0.825. The maximum Gasteiger partial charge on any atom is 0.239 e. The first kappa shape index (κ1) is 8.53.